The van der Waals surface area contributed by atoms with Gasteiger partial charge in [-0.1, -0.05) is 24.3 Å². The fourth-order valence-corrected chi connectivity index (χ4v) is 2.90. The molecule has 0 saturated heterocycles. The van der Waals surface area contributed by atoms with Crippen molar-refractivity contribution < 1.29 is 0 Å². The zero-order valence-corrected chi connectivity index (χ0v) is 13.2. The van der Waals surface area contributed by atoms with Gasteiger partial charge >= 0.3 is 0 Å². The Hall–Kier alpha value is -1.61. The molecule has 1 N–H and O–H groups in total. The van der Waals surface area contributed by atoms with Crippen molar-refractivity contribution in [1.29, 1.82) is 0 Å². The minimum atomic E-state index is 0.398. The second-order valence-corrected chi connectivity index (χ2v) is 5.51. The molecule has 0 saturated carbocycles. The first kappa shape index (κ1) is 14.8. The lowest BCUT2D eigenvalue weighted by atomic mass is 9.95. The minimum absolute atomic E-state index is 0.398. The standard InChI is InChI=1S/C17H25N3/c1-12-8-6-7-9-15(12)17(18-4)11-10-16-13(2)19-20(5)14(16)3/h6-9,17-18H,10-11H2,1-5H3. The Morgan fingerprint density at radius 2 is 1.90 bits per heavy atom. The van der Waals surface area contributed by atoms with Gasteiger partial charge in [0.1, 0.15) is 0 Å². The summed E-state index contributed by atoms with van der Waals surface area (Å²) in [5, 5.41) is 7.95. The van der Waals surface area contributed by atoms with Crippen LogP contribution in [0.15, 0.2) is 24.3 Å². The molecule has 0 radical (unpaired) electrons. The lowest BCUT2D eigenvalue weighted by Gasteiger charge is -2.19. The van der Waals surface area contributed by atoms with Crippen LogP contribution < -0.4 is 5.32 Å². The average Bonchev–Trinajstić information content (AvgIpc) is 2.67. The maximum atomic E-state index is 4.50. The number of aromatic nitrogens is 2. The first-order valence-electron chi connectivity index (χ1n) is 7.26. The van der Waals surface area contributed by atoms with Crippen LogP contribution in [0.25, 0.3) is 0 Å². The summed E-state index contributed by atoms with van der Waals surface area (Å²) in [6.07, 6.45) is 2.15. The molecule has 1 unspecified atom stereocenters. The molecule has 20 heavy (non-hydrogen) atoms. The predicted molar refractivity (Wildman–Crippen MR) is 84.0 cm³/mol. The van der Waals surface area contributed by atoms with Crippen LogP contribution in [0.1, 0.15) is 40.5 Å². The Kier molecular flexibility index (Phi) is 4.61. The molecule has 0 amide bonds. The Morgan fingerprint density at radius 3 is 2.45 bits per heavy atom. The van der Waals surface area contributed by atoms with E-state index in [1.54, 1.807) is 0 Å². The molecular weight excluding hydrogens is 246 g/mol. The van der Waals surface area contributed by atoms with Crippen molar-refractivity contribution in [2.24, 2.45) is 7.05 Å². The second-order valence-electron chi connectivity index (χ2n) is 5.51. The van der Waals surface area contributed by atoms with Crippen LogP contribution in [0, 0.1) is 20.8 Å². The number of aryl methyl sites for hydroxylation is 3. The van der Waals surface area contributed by atoms with Gasteiger partial charge in [0.2, 0.25) is 0 Å². The van der Waals surface area contributed by atoms with E-state index in [0.717, 1.165) is 18.5 Å². The topological polar surface area (TPSA) is 29.9 Å². The molecule has 0 fully saturated rings. The maximum Gasteiger partial charge on any atom is 0.0628 e. The molecule has 1 atom stereocenters. The van der Waals surface area contributed by atoms with Crippen LogP contribution >= 0.6 is 0 Å². The summed E-state index contributed by atoms with van der Waals surface area (Å²) in [5.41, 5.74) is 6.58. The molecule has 1 aromatic carbocycles. The van der Waals surface area contributed by atoms with E-state index in [1.165, 1.54) is 22.4 Å². The zero-order chi connectivity index (χ0) is 14.7. The lowest BCUT2D eigenvalue weighted by Crippen LogP contribution is -2.18. The van der Waals surface area contributed by atoms with Gasteiger partial charge in [-0.3, -0.25) is 4.68 Å². The van der Waals surface area contributed by atoms with E-state index in [0.29, 0.717) is 6.04 Å². The Labute approximate surface area is 122 Å². The summed E-state index contributed by atoms with van der Waals surface area (Å²) in [7, 11) is 4.06. The molecule has 1 aromatic heterocycles. The van der Waals surface area contributed by atoms with Crippen molar-refractivity contribution in [1.82, 2.24) is 15.1 Å². The monoisotopic (exact) mass is 271 g/mol. The molecule has 0 aliphatic carbocycles. The first-order valence-corrected chi connectivity index (χ1v) is 7.26. The van der Waals surface area contributed by atoms with Crippen LogP contribution in [0.4, 0.5) is 0 Å². The zero-order valence-electron chi connectivity index (χ0n) is 13.2. The van der Waals surface area contributed by atoms with Gasteiger partial charge in [0, 0.05) is 18.8 Å². The fourth-order valence-electron chi connectivity index (χ4n) is 2.90. The number of benzene rings is 1. The molecule has 0 bridgehead atoms. The van der Waals surface area contributed by atoms with Gasteiger partial charge in [0.25, 0.3) is 0 Å². The van der Waals surface area contributed by atoms with Crippen molar-refractivity contribution in [3.05, 3.63) is 52.3 Å². The van der Waals surface area contributed by atoms with Gasteiger partial charge in [-0.25, -0.2) is 0 Å². The van der Waals surface area contributed by atoms with Crippen LogP contribution in [0.2, 0.25) is 0 Å². The van der Waals surface area contributed by atoms with Crippen molar-refractivity contribution in [2.75, 3.05) is 7.05 Å². The van der Waals surface area contributed by atoms with E-state index < -0.39 is 0 Å². The highest BCUT2D eigenvalue weighted by molar-refractivity contribution is 5.30. The van der Waals surface area contributed by atoms with E-state index in [4.69, 9.17) is 0 Å². The SMILES string of the molecule is CNC(CCc1c(C)nn(C)c1C)c1ccccc1C. The van der Waals surface area contributed by atoms with Crippen molar-refractivity contribution in [3.8, 4) is 0 Å². The van der Waals surface area contributed by atoms with Crippen LogP contribution in [-0.4, -0.2) is 16.8 Å². The minimum Gasteiger partial charge on any atom is -0.313 e. The second kappa shape index (κ2) is 6.23. The van der Waals surface area contributed by atoms with Gasteiger partial charge < -0.3 is 5.32 Å². The highest BCUT2D eigenvalue weighted by Crippen LogP contribution is 2.24. The summed E-state index contributed by atoms with van der Waals surface area (Å²) in [6, 6.07) is 9.02. The van der Waals surface area contributed by atoms with Gasteiger partial charge in [0.05, 0.1) is 5.69 Å². The molecule has 0 spiro atoms. The van der Waals surface area contributed by atoms with Crippen LogP contribution in [0.5, 0.6) is 0 Å². The molecular formula is C17H25N3. The molecule has 2 aromatic rings. The third-order valence-electron chi connectivity index (χ3n) is 4.25. The third kappa shape index (κ3) is 2.93. The van der Waals surface area contributed by atoms with Crippen molar-refractivity contribution >= 4 is 0 Å². The normalized spacial score (nSPS) is 12.7. The first-order chi connectivity index (χ1) is 9.54. The third-order valence-corrected chi connectivity index (χ3v) is 4.25. The predicted octanol–water partition coefficient (Wildman–Crippen LogP) is 3.24. The molecule has 1 heterocycles. The van der Waals surface area contributed by atoms with Gasteiger partial charge in [-0.15, -0.1) is 0 Å². The highest BCUT2D eigenvalue weighted by Gasteiger charge is 2.15. The molecule has 3 heteroatoms. The molecule has 2 rings (SSSR count). The quantitative estimate of drug-likeness (QED) is 0.904. The number of nitrogens with one attached hydrogen (secondary N) is 1. The van der Waals surface area contributed by atoms with E-state index >= 15 is 0 Å². The summed E-state index contributed by atoms with van der Waals surface area (Å²) in [5.74, 6) is 0. The van der Waals surface area contributed by atoms with E-state index in [-0.39, 0.29) is 0 Å². The molecule has 3 nitrogen and oxygen atoms in total. The highest BCUT2D eigenvalue weighted by atomic mass is 15.3. The van der Waals surface area contributed by atoms with Gasteiger partial charge in [-0.05, 0) is 57.4 Å². The summed E-state index contributed by atoms with van der Waals surface area (Å²) < 4.78 is 1.98. The number of nitrogens with zero attached hydrogens (tertiary/aromatic N) is 2. The van der Waals surface area contributed by atoms with Crippen LogP contribution in [0.3, 0.4) is 0 Å². The Bertz CT molecular complexity index is 584. The van der Waals surface area contributed by atoms with Crippen molar-refractivity contribution in [3.63, 3.8) is 0 Å². The summed E-state index contributed by atoms with van der Waals surface area (Å²) in [6.45, 7) is 6.43. The smallest absolute Gasteiger partial charge is 0.0628 e. The van der Waals surface area contributed by atoms with Crippen molar-refractivity contribution in [2.45, 2.75) is 39.7 Å². The Morgan fingerprint density at radius 1 is 1.20 bits per heavy atom. The molecule has 0 aliphatic heterocycles. The largest absolute Gasteiger partial charge is 0.313 e. The van der Waals surface area contributed by atoms with E-state index in [1.807, 2.05) is 18.8 Å². The number of rotatable bonds is 5. The lowest BCUT2D eigenvalue weighted by molar-refractivity contribution is 0.545. The summed E-state index contributed by atoms with van der Waals surface area (Å²) >= 11 is 0. The molecule has 108 valence electrons. The van der Waals surface area contributed by atoms with E-state index in [9.17, 15) is 0 Å². The van der Waals surface area contributed by atoms with Gasteiger partial charge in [-0.2, -0.15) is 5.10 Å². The summed E-state index contributed by atoms with van der Waals surface area (Å²) in [4.78, 5) is 0. The number of hydrogen-bond acceptors (Lipinski definition) is 2. The fraction of sp³-hybridized carbons (Fsp3) is 0.471. The Balaban J connectivity index is 2.14. The van der Waals surface area contributed by atoms with Gasteiger partial charge in [0.15, 0.2) is 0 Å². The number of hydrogen-bond donors (Lipinski definition) is 1. The molecule has 0 aliphatic rings. The maximum absolute atomic E-state index is 4.50. The van der Waals surface area contributed by atoms with E-state index in [2.05, 4.69) is 55.5 Å². The van der Waals surface area contributed by atoms with Crippen LogP contribution in [-0.2, 0) is 13.5 Å². The average molecular weight is 271 g/mol.